The summed E-state index contributed by atoms with van der Waals surface area (Å²) in [5.74, 6) is -0.607. The second-order valence-electron chi connectivity index (χ2n) is 3.32. The van der Waals surface area contributed by atoms with Crippen molar-refractivity contribution < 1.29 is 22.8 Å². The number of β-amino-alcohol motifs (C(OH)–C–C–N with tert-alkyl or cyclic N) is 1. The number of morpholine rings is 1. The monoisotopic (exact) mass is 248 g/mol. The van der Waals surface area contributed by atoms with Crippen molar-refractivity contribution in [3.63, 3.8) is 0 Å². The van der Waals surface area contributed by atoms with Gasteiger partial charge in [0.2, 0.25) is 0 Å². The van der Waals surface area contributed by atoms with Crippen LogP contribution in [0, 0.1) is 0 Å². The number of rotatable bonds is 4. The van der Waals surface area contributed by atoms with Gasteiger partial charge in [0.15, 0.2) is 0 Å². The molecule has 2 N–H and O–H groups in total. The van der Waals surface area contributed by atoms with E-state index in [1.807, 2.05) is 4.90 Å². The molecule has 1 unspecified atom stereocenters. The molecule has 1 aliphatic rings. The number of aliphatic hydroxyl groups excluding tert-OH is 1. The van der Waals surface area contributed by atoms with Crippen LogP contribution in [0.15, 0.2) is 0 Å². The van der Waals surface area contributed by atoms with E-state index in [0.29, 0.717) is 26.3 Å². The summed E-state index contributed by atoms with van der Waals surface area (Å²) in [7, 11) is -4.08. The Balaban J connectivity index is 0.00000196. The van der Waals surface area contributed by atoms with Crippen LogP contribution in [-0.2, 0) is 14.9 Å². The molecule has 0 bridgehead atoms. The number of hydrogen-bond acceptors (Lipinski definition) is 5. The van der Waals surface area contributed by atoms with Crippen molar-refractivity contribution in [3.8, 4) is 0 Å². The molecule has 0 spiro atoms. The zero-order valence-electron chi connectivity index (χ0n) is 8.79. The normalized spacial score (nSPS) is 20.7. The maximum absolute atomic E-state index is 10.4. The SMILES string of the molecule is O=S(=O)(O)CC(O)CN1CCOCC1.[Na]. The molecule has 1 fully saturated rings. The minimum Gasteiger partial charge on any atom is -0.391 e. The zero-order valence-corrected chi connectivity index (χ0v) is 11.6. The second kappa shape index (κ2) is 7.18. The largest absolute Gasteiger partial charge is 0.391 e. The second-order valence-corrected chi connectivity index (χ2v) is 4.81. The van der Waals surface area contributed by atoms with E-state index in [1.54, 1.807) is 0 Å². The summed E-state index contributed by atoms with van der Waals surface area (Å²) in [6.07, 6.45) is -1.04. The summed E-state index contributed by atoms with van der Waals surface area (Å²) in [6.45, 7) is 2.81. The van der Waals surface area contributed by atoms with Gasteiger partial charge in [0.05, 0.1) is 19.3 Å². The summed E-state index contributed by atoms with van der Waals surface area (Å²) in [6, 6.07) is 0. The Hall–Kier alpha value is 0.790. The molecule has 0 aromatic heterocycles. The van der Waals surface area contributed by atoms with Gasteiger partial charge in [-0.1, -0.05) is 0 Å². The van der Waals surface area contributed by atoms with Gasteiger partial charge in [0, 0.05) is 49.2 Å². The molecule has 0 aromatic rings. The van der Waals surface area contributed by atoms with E-state index in [2.05, 4.69) is 0 Å². The van der Waals surface area contributed by atoms with Gasteiger partial charge in [-0.3, -0.25) is 9.45 Å². The molecule has 1 radical (unpaired) electrons. The molecule has 0 saturated carbocycles. The van der Waals surface area contributed by atoms with E-state index >= 15 is 0 Å². The van der Waals surface area contributed by atoms with Gasteiger partial charge in [0.1, 0.15) is 5.75 Å². The van der Waals surface area contributed by atoms with Gasteiger partial charge in [-0.25, -0.2) is 0 Å². The maximum Gasteiger partial charge on any atom is 0.267 e. The average Bonchev–Trinajstić information content (AvgIpc) is 2.02. The number of ether oxygens (including phenoxy) is 1. The predicted octanol–water partition coefficient (Wildman–Crippen LogP) is -1.81. The third-order valence-corrected chi connectivity index (χ3v) is 2.78. The molecule has 8 heteroatoms. The molecule has 0 aromatic carbocycles. The van der Waals surface area contributed by atoms with Crippen LogP contribution in [0.25, 0.3) is 0 Å². The van der Waals surface area contributed by atoms with Crippen molar-refractivity contribution in [3.05, 3.63) is 0 Å². The Kier molecular flexibility index (Phi) is 7.56. The molecule has 1 rings (SSSR count). The van der Waals surface area contributed by atoms with Gasteiger partial charge in [0.25, 0.3) is 10.1 Å². The summed E-state index contributed by atoms with van der Waals surface area (Å²) in [4.78, 5) is 1.90. The molecule has 85 valence electrons. The molecule has 1 atom stereocenters. The average molecular weight is 248 g/mol. The number of nitrogens with zero attached hydrogens (tertiary/aromatic N) is 1. The Morgan fingerprint density at radius 2 is 1.87 bits per heavy atom. The number of aliphatic hydroxyl groups is 1. The maximum atomic E-state index is 10.4. The van der Waals surface area contributed by atoms with Crippen LogP contribution >= 0.6 is 0 Å². The van der Waals surface area contributed by atoms with Gasteiger partial charge >= 0.3 is 0 Å². The molecule has 6 nitrogen and oxygen atoms in total. The van der Waals surface area contributed by atoms with Gasteiger partial charge in [-0.15, -0.1) is 0 Å². The molecule has 0 amide bonds. The zero-order chi connectivity index (χ0) is 10.6. The van der Waals surface area contributed by atoms with Crippen molar-refractivity contribution in [1.29, 1.82) is 0 Å². The van der Waals surface area contributed by atoms with Gasteiger partial charge in [-0.05, 0) is 0 Å². The van der Waals surface area contributed by atoms with E-state index in [4.69, 9.17) is 9.29 Å². The topological polar surface area (TPSA) is 87.1 Å². The van der Waals surface area contributed by atoms with E-state index in [-0.39, 0.29) is 36.1 Å². The summed E-state index contributed by atoms with van der Waals surface area (Å²) in [5.41, 5.74) is 0. The minimum absolute atomic E-state index is 0. The van der Waals surface area contributed by atoms with Crippen LogP contribution in [0.4, 0.5) is 0 Å². The molecule has 1 heterocycles. The van der Waals surface area contributed by atoms with Crippen LogP contribution in [0.1, 0.15) is 0 Å². The van der Waals surface area contributed by atoms with E-state index in [0.717, 1.165) is 0 Å². The van der Waals surface area contributed by atoms with Crippen LogP contribution in [0.3, 0.4) is 0 Å². The molecular formula is C7H15NNaO5S. The van der Waals surface area contributed by atoms with Crippen molar-refractivity contribution in [2.24, 2.45) is 0 Å². The predicted molar refractivity (Wildman–Crippen MR) is 55.4 cm³/mol. The van der Waals surface area contributed by atoms with Crippen molar-refractivity contribution in [2.45, 2.75) is 6.10 Å². The van der Waals surface area contributed by atoms with Crippen LogP contribution in [0.5, 0.6) is 0 Å². The first-order valence-electron chi connectivity index (χ1n) is 4.41. The number of hydrogen-bond donors (Lipinski definition) is 2. The summed E-state index contributed by atoms with van der Waals surface area (Å²) < 4.78 is 34.4. The fourth-order valence-electron chi connectivity index (χ4n) is 1.38. The molecule has 1 saturated heterocycles. The summed E-state index contributed by atoms with van der Waals surface area (Å²) in [5, 5.41) is 9.32. The van der Waals surface area contributed by atoms with Crippen LogP contribution in [0.2, 0.25) is 0 Å². The first kappa shape index (κ1) is 15.8. The Labute approximate surface area is 112 Å². The van der Waals surface area contributed by atoms with Gasteiger partial charge in [-0.2, -0.15) is 8.42 Å². The van der Waals surface area contributed by atoms with Crippen molar-refractivity contribution in [2.75, 3.05) is 38.6 Å². The fraction of sp³-hybridized carbons (Fsp3) is 1.00. The standard InChI is InChI=1S/C7H15NO5S.Na/c9-7(6-14(10,11)12)5-8-1-3-13-4-2-8;/h7,9H,1-6H2,(H,10,11,12);. The van der Waals surface area contributed by atoms with Crippen molar-refractivity contribution in [1.82, 2.24) is 4.90 Å². The molecule has 0 aliphatic carbocycles. The first-order valence-corrected chi connectivity index (χ1v) is 6.01. The van der Waals surface area contributed by atoms with Crippen LogP contribution < -0.4 is 0 Å². The summed E-state index contributed by atoms with van der Waals surface area (Å²) >= 11 is 0. The third-order valence-electron chi connectivity index (χ3n) is 1.98. The smallest absolute Gasteiger partial charge is 0.267 e. The Morgan fingerprint density at radius 1 is 1.33 bits per heavy atom. The Morgan fingerprint density at radius 3 is 2.33 bits per heavy atom. The van der Waals surface area contributed by atoms with Crippen LogP contribution in [-0.4, -0.2) is 97.2 Å². The van der Waals surface area contributed by atoms with E-state index < -0.39 is 22.0 Å². The molecule has 1 aliphatic heterocycles. The Bertz CT molecular complexity index is 265. The minimum atomic E-state index is -4.08. The molecular weight excluding hydrogens is 233 g/mol. The third kappa shape index (κ3) is 7.64. The van der Waals surface area contributed by atoms with Gasteiger partial charge < -0.3 is 9.84 Å². The van der Waals surface area contributed by atoms with Crippen molar-refractivity contribution >= 4 is 39.7 Å². The fourth-order valence-corrected chi connectivity index (χ4v) is 1.97. The van der Waals surface area contributed by atoms with E-state index in [1.165, 1.54) is 0 Å². The first-order chi connectivity index (χ1) is 6.47. The van der Waals surface area contributed by atoms with E-state index in [9.17, 15) is 13.5 Å². The molecule has 15 heavy (non-hydrogen) atoms. The quantitative estimate of drug-likeness (QED) is 0.450.